The molecule has 5 heteroatoms. The molecule has 5 nitrogen and oxygen atoms in total. The third-order valence-electron chi connectivity index (χ3n) is 3.58. The molecule has 21 heavy (non-hydrogen) atoms. The van der Waals surface area contributed by atoms with Crippen molar-refractivity contribution in [1.82, 2.24) is 20.2 Å². The van der Waals surface area contributed by atoms with E-state index >= 15 is 0 Å². The van der Waals surface area contributed by atoms with Gasteiger partial charge in [0.2, 0.25) is 0 Å². The Morgan fingerprint density at radius 2 is 2.10 bits per heavy atom. The van der Waals surface area contributed by atoms with Crippen LogP contribution >= 0.6 is 0 Å². The number of rotatable bonds is 2. The predicted octanol–water partition coefficient (Wildman–Crippen LogP) is 2.55. The Bertz CT molecular complexity index is 633. The van der Waals surface area contributed by atoms with Crippen LogP contribution in [0.5, 0.6) is 0 Å². The molecule has 0 saturated heterocycles. The van der Waals surface area contributed by atoms with E-state index in [1.807, 2.05) is 49.1 Å². The molecule has 0 atom stereocenters. The molecule has 2 N–H and O–H groups in total. The fourth-order valence-corrected chi connectivity index (χ4v) is 2.54. The van der Waals surface area contributed by atoms with Gasteiger partial charge in [-0.05, 0) is 13.8 Å². The van der Waals surface area contributed by atoms with Gasteiger partial charge in [-0.15, -0.1) is 0 Å². The lowest BCUT2D eigenvalue weighted by atomic mass is 10.1. The summed E-state index contributed by atoms with van der Waals surface area (Å²) in [6.45, 7) is 5.24. The Morgan fingerprint density at radius 3 is 2.81 bits per heavy atom. The van der Waals surface area contributed by atoms with Crippen molar-refractivity contribution in [2.24, 2.45) is 0 Å². The second-order valence-corrected chi connectivity index (χ2v) is 5.65. The molecule has 110 valence electrons. The lowest BCUT2D eigenvalue weighted by Gasteiger charge is -2.27. The molecule has 1 aromatic heterocycles. The summed E-state index contributed by atoms with van der Waals surface area (Å²) in [5.74, 6) is 0.881. The van der Waals surface area contributed by atoms with Crippen molar-refractivity contribution < 1.29 is 4.79 Å². The van der Waals surface area contributed by atoms with E-state index in [1.165, 1.54) is 0 Å². The molecular weight excluding hydrogens is 264 g/mol. The van der Waals surface area contributed by atoms with Crippen LogP contribution in [0, 0.1) is 0 Å². The molecule has 2 amide bonds. The van der Waals surface area contributed by atoms with Crippen LogP contribution in [0.1, 0.15) is 25.2 Å². The monoisotopic (exact) mass is 284 g/mol. The fraction of sp³-hybridized carbons (Fsp3) is 0.375. The summed E-state index contributed by atoms with van der Waals surface area (Å²) >= 11 is 0. The number of nitrogens with one attached hydrogen (secondary N) is 2. The summed E-state index contributed by atoms with van der Waals surface area (Å²) in [4.78, 5) is 21.9. The third-order valence-corrected chi connectivity index (χ3v) is 3.58. The van der Waals surface area contributed by atoms with Gasteiger partial charge in [0.05, 0.1) is 17.9 Å². The summed E-state index contributed by atoms with van der Waals surface area (Å²) < 4.78 is 0. The maximum Gasteiger partial charge on any atom is 0.317 e. The van der Waals surface area contributed by atoms with Crippen LogP contribution in [0.25, 0.3) is 11.4 Å². The first-order valence-electron chi connectivity index (χ1n) is 7.32. The Balaban J connectivity index is 1.78. The number of aromatic amines is 1. The van der Waals surface area contributed by atoms with Crippen molar-refractivity contribution in [1.29, 1.82) is 0 Å². The Morgan fingerprint density at radius 1 is 1.33 bits per heavy atom. The number of carbonyl (C=O) groups excluding carboxylic acids is 1. The van der Waals surface area contributed by atoms with E-state index in [0.29, 0.717) is 13.1 Å². The van der Waals surface area contributed by atoms with Crippen LogP contribution in [0.4, 0.5) is 4.79 Å². The van der Waals surface area contributed by atoms with Crippen LogP contribution < -0.4 is 5.32 Å². The van der Waals surface area contributed by atoms with Gasteiger partial charge in [-0.2, -0.15) is 0 Å². The molecule has 0 fully saturated rings. The molecule has 1 aliphatic rings. The number of hydrogen-bond donors (Lipinski definition) is 2. The summed E-state index contributed by atoms with van der Waals surface area (Å²) in [5.41, 5.74) is 3.19. The smallest absolute Gasteiger partial charge is 0.317 e. The number of imidazole rings is 1. The van der Waals surface area contributed by atoms with Crippen molar-refractivity contribution in [3.8, 4) is 11.4 Å². The number of nitrogens with zero attached hydrogens (tertiary/aromatic N) is 2. The number of urea groups is 1. The first kappa shape index (κ1) is 13.7. The molecule has 0 unspecified atom stereocenters. The molecule has 0 bridgehead atoms. The van der Waals surface area contributed by atoms with E-state index in [1.54, 1.807) is 0 Å². The van der Waals surface area contributed by atoms with Crippen molar-refractivity contribution in [3.05, 3.63) is 41.7 Å². The molecule has 1 aliphatic heterocycles. The standard InChI is InChI=1S/C16H20N4O/c1-11(2)17-16(21)20-9-8-13-14(10-20)19-15(18-13)12-6-4-3-5-7-12/h3-7,11H,8-10H2,1-2H3,(H,17,21)(H,18,19). The third kappa shape index (κ3) is 2.91. The SMILES string of the molecule is CC(C)NC(=O)N1CCc2nc(-c3ccccc3)[nH]c2C1. The Labute approximate surface area is 124 Å². The minimum Gasteiger partial charge on any atom is -0.340 e. The first-order valence-corrected chi connectivity index (χ1v) is 7.32. The highest BCUT2D eigenvalue weighted by Crippen LogP contribution is 2.22. The van der Waals surface area contributed by atoms with Gasteiger partial charge in [0.1, 0.15) is 5.82 Å². The maximum absolute atomic E-state index is 12.1. The number of H-pyrrole nitrogens is 1. The quantitative estimate of drug-likeness (QED) is 0.890. The maximum atomic E-state index is 12.1. The number of amides is 2. The molecule has 1 aromatic carbocycles. The molecular formula is C16H20N4O. The average Bonchev–Trinajstić information content (AvgIpc) is 2.90. The number of fused-ring (bicyclic) bond motifs is 1. The van der Waals surface area contributed by atoms with Gasteiger partial charge >= 0.3 is 6.03 Å². The second-order valence-electron chi connectivity index (χ2n) is 5.65. The molecule has 3 rings (SSSR count). The van der Waals surface area contributed by atoms with Crippen molar-refractivity contribution >= 4 is 6.03 Å². The minimum absolute atomic E-state index is 0.00786. The van der Waals surface area contributed by atoms with Crippen LogP contribution in [-0.2, 0) is 13.0 Å². The highest BCUT2D eigenvalue weighted by molar-refractivity contribution is 5.74. The van der Waals surface area contributed by atoms with Crippen molar-refractivity contribution in [2.75, 3.05) is 6.54 Å². The Hall–Kier alpha value is -2.30. The number of carbonyl (C=O) groups is 1. The fourth-order valence-electron chi connectivity index (χ4n) is 2.54. The molecule has 2 heterocycles. The molecule has 0 radical (unpaired) electrons. The van der Waals surface area contributed by atoms with Gasteiger partial charge in [0, 0.05) is 24.6 Å². The molecule has 0 spiro atoms. The van der Waals surface area contributed by atoms with E-state index in [2.05, 4.69) is 15.3 Å². The number of benzene rings is 1. The van der Waals surface area contributed by atoms with E-state index in [9.17, 15) is 4.79 Å². The zero-order valence-corrected chi connectivity index (χ0v) is 12.4. The molecule has 0 aliphatic carbocycles. The topological polar surface area (TPSA) is 61.0 Å². The lowest BCUT2D eigenvalue weighted by Crippen LogP contribution is -2.45. The number of aromatic nitrogens is 2. The summed E-state index contributed by atoms with van der Waals surface area (Å²) in [7, 11) is 0. The summed E-state index contributed by atoms with van der Waals surface area (Å²) in [5, 5.41) is 2.93. The van der Waals surface area contributed by atoms with Gasteiger partial charge < -0.3 is 15.2 Å². The lowest BCUT2D eigenvalue weighted by molar-refractivity contribution is 0.189. The molecule has 2 aromatic rings. The van der Waals surface area contributed by atoms with Crippen LogP contribution in [0.2, 0.25) is 0 Å². The van der Waals surface area contributed by atoms with Crippen molar-refractivity contribution in [2.45, 2.75) is 32.9 Å². The predicted molar refractivity (Wildman–Crippen MR) is 81.8 cm³/mol. The zero-order chi connectivity index (χ0) is 14.8. The summed E-state index contributed by atoms with van der Waals surface area (Å²) in [6.07, 6.45) is 0.796. The normalized spacial score (nSPS) is 14.1. The second kappa shape index (κ2) is 5.60. The number of hydrogen-bond acceptors (Lipinski definition) is 2. The van der Waals surface area contributed by atoms with Gasteiger partial charge in [-0.1, -0.05) is 30.3 Å². The van der Waals surface area contributed by atoms with Crippen LogP contribution in [0.15, 0.2) is 30.3 Å². The largest absolute Gasteiger partial charge is 0.340 e. The Kier molecular flexibility index (Phi) is 3.64. The first-order chi connectivity index (χ1) is 10.1. The van der Waals surface area contributed by atoms with Crippen LogP contribution in [-0.4, -0.2) is 33.5 Å². The van der Waals surface area contributed by atoms with E-state index in [4.69, 9.17) is 0 Å². The van der Waals surface area contributed by atoms with Gasteiger partial charge in [0.25, 0.3) is 0 Å². The van der Waals surface area contributed by atoms with Gasteiger partial charge in [0.15, 0.2) is 0 Å². The zero-order valence-electron chi connectivity index (χ0n) is 12.4. The molecule has 0 saturated carbocycles. The average molecular weight is 284 g/mol. The summed E-state index contributed by atoms with van der Waals surface area (Å²) in [6, 6.07) is 10.2. The minimum atomic E-state index is -0.00786. The van der Waals surface area contributed by atoms with Gasteiger partial charge in [-0.3, -0.25) is 0 Å². The van der Waals surface area contributed by atoms with Crippen LogP contribution in [0.3, 0.4) is 0 Å². The highest BCUT2D eigenvalue weighted by Gasteiger charge is 2.24. The van der Waals surface area contributed by atoms with Gasteiger partial charge in [-0.25, -0.2) is 9.78 Å². The van der Waals surface area contributed by atoms with E-state index in [0.717, 1.165) is 29.2 Å². The highest BCUT2D eigenvalue weighted by atomic mass is 16.2. The van der Waals surface area contributed by atoms with Crippen molar-refractivity contribution in [3.63, 3.8) is 0 Å². The van der Waals surface area contributed by atoms with E-state index < -0.39 is 0 Å². The van der Waals surface area contributed by atoms with E-state index in [-0.39, 0.29) is 12.1 Å².